The number of hydrogen-bond donors (Lipinski definition) is 2. The van der Waals surface area contributed by atoms with Crippen molar-refractivity contribution in [3.8, 4) is 0 Å². The third-order valence-corrected chi connectivity index (χ3v) is 4.67. The lowest BCUT2D eigenvalue weighted by atomic mass is 10.2. The van der Waals surface area contributed by atoms with E-state index in [1.54, 1.807) is 6.07 Å². The van der Waals surface area contributed by atoms with Crippen LogP contribution >= 0.6 is 11.6 Å². The Labute approximate surface area is 153 Å². The van der Waals surface area contributed by atoms with Crippen molar-refractivity contribution in [1.82, 2.24) is 9.80 Å². The molecule has 2 aromatic carbocycles. The lowest BCUT2D eigenvalue weighted by Crippen LogP contribution is -2.48. The van der Waals surface area contributed by atoms with Crippen molar-refractivity contribution in [2.75, 3.05) is 43.8 Å². The van der Waals surface area contributed by atoms with Gasteiger partial charge >= 0.3 is 0 Å². The van der Waals surface area contributed by atoms with Crippen LogP contribution in [0.2, 0.25) is 5.02 Å². The van der Waals surface area contributed by atoms with E-state index in [0.29, 0.717) is 17.3 Å². The summed E-state index contributed by atoms with van der Waals surface area (Å²) >= 11 is 6.07. The molecule has 3 N–H and O–H groups in total. The third kappa shape index (κ3) is 5.19. The van der Waals surface area contributed by atoms with Gasteiger partial charge in [-0.25, -0.2) is 0 Å². The highest BCUT2D eigenvalue weighted by molar-refractivity contribution is 6.33. The summed E-state index contributed by atoms with van der Waals surface area (Å²) < 4.78 is 0. The van der Waals surface area contributed by atoms with Gasteiger partial charge in [-0.1, -0.05) is 35.9 Å². The second kappa shape index (κ2) is 8.34. The highest BCUT2D eigenvalue weighted by Gasteiger charge is 2.19. The van der Waals surface area contributed by atoms with E-state index in [-0.39, 0.29) is 5.91 Å². The molecular weight excluding hydrogens is 336 g/mol. The van der Waals surface area contributed by atoms with Crippen LogP contribution in [0.25, 0.3) is 0 Å². The largest absolute Gasteiger partial charge is 0.399 e. The van der Waals surface area contributed by atoms with Gasteiger partial charge in [0.05, 0.1) is 17.3 Å². The number of hydrogen-bond acceptors (Lipinski definition) is 4. The molecule has 0 bridgehead atoms. The molecule has 1 amide bonds. The van der Waals surface area contributed by atoms with E-state index in [4.69, 9.17) is 17.3 Å². The van der Waals surface area contributed by atoms with Crippen LogP contribution in [0.1, 0.15) is 5.56 Å². The Hall–Kier alpha value is -2.08. The Morgan fingerprint density at radius 3 is 2.48 bits per heavy atom. The van der Waals surface area contributed by atoms with Crippen LogP contribution in [-0.2, 0) is 11.3 Å². The minimum atomic E-state index is -0.0302. The Balaban J connectivity index is 1.44. The molecule has 25 heavy (non-hydrogen) atoms. The molecule has 0 atom stereocenters. The molecule has 2 aromatic rings. The molecule has 1 fully saturated rings. The predicted molar refractivity (Wildman–Crippen MR) is 103 cm³/mol. The van der Waals surface area contributed by atoms with E-state index >= 15 is 0 Å². The van der Waals surface area contributed by atoms with Crippen LogP contribution in [0.5, 0.6) is 0 Å². The monoisotopic (exact) mass is 358 g/mol. The van der Waals surface area contributed by atoms with Gasteiger partial charge in [-0.05, 0) is 29.8 Å². The van der Waals surface area contributed by atoms with Gasteiger partial charge < -0.3 is 11.1 Å². The Morgan fingerprint density at radius 2 is 1.76 bits per heavy atom. The fourth-order valence-electron chi connectivity index (χ4n) is 3.01. The molecular formula is C19H23ClN4O. The highest BCUT2D eigenvalue weighted by atomic mass is 35.5. The van der Waals surface area contributed by atoms with Gasteiger partial charge in [0.15, 0.2) is 0 Å². The SMILES string of the molecule is Nc1cccc(CN2CCN(CC(=O)Nc3ccccc3Cl)CC2)c1. The Morgan fingerprint density at radius 1 is 1.04 bits per heavy atom. The second-order valence-corrected chi connectivity index (χ2v) is 6.73. The van der Waals surface area contributed by atoms with E-state index < -0.39 is 0 Å². The molecule has 1 aliphatic rings. The first kappa shape index (κ1) is 17.7. The minimum absolute atomic E-state index is 0.0302. The van der Waals surface area contributed by atoms with Crippen LogP contribution in [0, 0.1) is 0 Å². The number of piperazine rings is 1. The van der Waals surface area contributed by atoms with Crippen LogP contribution in [0.15, 0.2) is 48.5 Å². The van der Waals surface area contributed by atoms with Gasteiger partial charge in [-0.2, -0.15) is 0 Å². The molecule has 0 aliphatic carbocycles. The number of nitrogens with two attached hydrogens (primary N) is 1. The fourth-order valence-corrected chi connectivity index (χ4v) is 3.19. The molecule has 0 aromatic heterocycles. The molecule has 5 nitrogen and oxygen atoms in total. The normalized spacial score (nSPS) is 15.9. The molecule has 1 heterocycles. The van der Waals surface area contributed by atoms with Crippen molar-refractivity contribution in [3.05, 3.63) is 59.1 Å². The second-order valence-electron chi connectivity index (χ2n) is 6.33. The maximum absolute atomic E-state index is 12.2. The highest BCUT2D eigenvalue weighted by Crippen LogP contribution is 2.20. The van der Waals surface area contributed by atoms with E-state index in [9.17, 15) is 4.79 Å². The predicted octanol–water partition coefficient (Wildman–Crippen LogP) is 2.68. The summed E-state index contributed by atoms with van der Waals surface area (Å²) in [6.45, 7) is 4.90. The molecule has 132 valence electrons. The van der Waals surface area contributed by atoms with Crippen molar-refractivity contribution >= 4 is 28.9 Å². The zero-order valence-electron chi connectivity index (χ0n) is 14.1. The molecule has 0 unspecified atom stereocenters. The van der Waals surface area contributed by atoms with Gasteiger partial charge in [0.1, 0.15) is 0 Å². The minimum Gasteiger partial charge on any atom is -0.399 e. The van der Waals surface area contributed by atoms with Crippen molar-refractivity contribution in [1.29, 1.82) is 0 Å². The van der Waals surface area contributed by atoms with Gasteiger partial charge in [0, 0.05) is 38.4 Å². The summed E-state index contributed by atoms with van der Waals surface area (Å²) in [6.07, 6.45) is 0. The summed E-state index contributed by atoms with van der Waals surface area (Å²) in [5, 5.41) is 3.43. The van der Waals surface area contributed by atoms with Crippen LogP contribution in [0.3, 0.4) is 0 Å². The zero-order chi connectivity index (χ0) is 17.6. The molecule has 0 saturated carbocycles. The fraction of sp³-hybridized carbons (Fsp3) is 0.316. The number of carbonyl (C=O) groups is 1. The molecule has 1 aliphatic heterocycles. The quantitative estimate of drug-likeness (QED) is 0.807. The van der Waals surface area contributed by atoms with Crippen molar-refractivity contribution in [2.45, 2.75) is 6.54 Å². The summed E-state index contributed by atoms with van der Waals surface area (Å²) in [5.74, 6) is -0.0302. The number of nitrogens with zero attached hydrogens (tertiary/aromatic N) is 2. The number of anilines is 2. The standard InChI is InChI=1S/C19H23ClN4O/c20-17-6-1-2-7-18(17)22-19(25)14-24-10-8-23(9-11-24)13-15-4-3-5-16(21)12-15/h1-7,12H,8-11,13-14,21H2,(H,22,25). The average molecular weight is 359 g/mol. The summed E-state index contributed by atoms with van der Waals surface area (Å²) in [5.41, 5.74) is 8.52. The Bertz CT molecular complexity index is 729. The van der Waals surface area contributed by atoms with Gasteiger partial charge in [0.25, 0.3) is 0 Å². The number of amides is 1. The van der Waals surface area contributed by atoms with E-state index in [0.717, 1.165) is 38.4 Å². The van der Waals surface area contributed by atoms with E-state index in [1.807, 2.05) is 36.4 Å². The van der Waals surface area contributed by atoms with Gasteiger partial charge in [-0.3, -0.25) is 14.6 Å². The average Bonchev–Trinajstić information content (AvgIpc) is 2.59. The first-order valence-corrected chi connectivity index (χ1v) is 8.81. The number of carbonyl (C=O) groups excluding carboxylic acids is 1. The number of rotatable bonds is 5. The molecule has 1 saturated heterocycles. The van der Waals surface area contributed by atoms with E-state index in [1.165, 1.54) is 5.56 Å². The van der Waals surface area contributed by atoms with Crippen molar-refractivity contribution < 1.29 is 4.79 Å². The lowest BCUT2D eigenvalue weighted by molar-refractivity contribution is -0.117. The smallest absolute Gasteiger partial charge is 0.238 e. The van der Waals surface area contributed by atoms with Gasteiger partial charge in [-0.15, -0.1) is 0 Å². The number of halogens is 1. The summed E-state index contributed by atoms with van der Waals surface area (Å²) in [7, 11) is 0. The molecule has 3 rings (SSSR count). The topological polar surface area (TPSA) is 61.6 Å². The number of para-hydroxylation sites is 1. The molecule has 0 spiro atoms. The number of nitrogens with one attached hydrogen (secondary N) is 1. The maximum atomic E-state index is 12.2. The van der Waals surface area contributed by atoms with E-state index in [2.05, 4.69) is 21.2 Å². The van der Waals surface area contributed by atoms with Crippen molar-refractivity contribution in [3.63, 3.8) is 0 Å². The zero-order valence-corrected chi connectivity index (χ0v) is 14.9. The van der Waals surface area contributed by atoms with Gasteiger partial charge in [0.2, 0.25) is 5.91 Å². The lowest BCUT2D eigenvalue weighted by Gasteiger charge is -2.34. The number of nitrogen functional groups attached to an aromatic ring is 1. The van der Waals surface area contributed by atoms with Crippen LogP contribution < -0.4 is 11.1 Å². The Kier molecular flexibility index (Phi) is 5.91. The molecule has 6 heteroatoms. The van der Waals surface area contributed by atoms with Crippen LogP contribution in [0.4, 0.5) is 11.4 Å². The first-order chi connectivity index (χ1) is 12.1. The van der Waals surface area contributed by atoms with Crippen LogP contribution in [-0.4, -0.2) is 48.4 Å². The third-order valence-electron chi connectivity index (χ3n) is 4.34. The number of benzene rings is 2. The summed E-state index contributed by atoms with van der Waals surface area (Å²) in [6, 6.07) is 15.3. The maximum Gasteiger partial charge on any atom is 0.238 e. The molecule has 0 radical (unpaired) electrons. The first-order valence-electron chi connectivity index (χ1n) is 8.43. The van der Waals surface area contributed by atoms with Crippen molar-refractivity contribution in [2.24, 2.45) is 0 Å². The summed E-state index contributed by atoms with van der Waals surface area (Å²) in [4.78, 5) is 16.8.